The van der Waals surface area contributed by atoms with E-state index in [1.54, 1.807) is 6.92 Å². The Morgan fingerprint density at radius 1 is 1.32 bits per heavy atom. The van der Waals surface area contributed by atoms with Crippen molar-refractivity contribution in [3.05, 3.63) is 29.6 Å². The van der Waals surface area contributed by atoms with Crippen LogP contribution in [0.4, 0.5) is 13.2 Å². The largest absolute Gasteiger partial charge is 0.465 e. The van der Waals surface area contributed by atoms with Crippen molar-refractivity contribution >= 4 is 11.9 Å². The van der Waals surface area contributed by atoms with Crippen molar-refractivity contribution in [1.82, 2.24) is 5.32 Å². The molecule has 5 nitrogen and oxygen atoms in total. The first kappa shape index (κ1) is 16.1. The molecule has 1 N–H and O–H groups in total. The highest BCUT2D eigenvalue weighted by Crippen LogP contribution is 2.29. The van der Waals surface area contributed by atoms with Gasteiger partial charge in [0, 0.05) is 25.1 Å². The first-order valence-corrected chi connectivity index (χ1v) is 6.70. The third kappa shape index (κ3) is 2.86. The van der Waals surface area contributed by atoms with Crippen molar-refractivity contribution < 1.29 is 32.2 Å². The Labute approximate surface area is 124 Å². The monoisotopic (exact) mass is 317 g/mol. The molecule has 1 aliphatic rings. The average Bonchev–Trinajstić information content (AvgIpc) is 2.47. The molecule has 1 aliphatic heterocycles. The van der Waals surface area contributed by atoms with Crippen LogP contribution in [0.15, 0.2) is 12.1 Å². The van der Waals surface area contributed by atoms with Gasteiger partial charge in [-0.25, -0.2) is 18.0 Å². The molecule has 1 amide bonds. The van der Waals surface area contributed by atoms with Crippen LogP contribution in [0.5, 0.6) is 5.75 Å². The molecule has 2 rings (SSSR count). The van der Waals surface area contributed by atoms with Gasteiger partial charge in [-0.1, -0.05) is 0 Å². The van der Waals surface area contributed by atoms with Gasteiger partial charge in [0.2, 0.25) is 0 Å². The third-order valence-electron chi connectivity index (χ3n) is 3.21. The summed E-state index contributed by atoms with van der Waals surface area (Å²) in [6.45, 7) is 1.89. The maximum Gasteiger partial charge on any atom is 0.360 e. The topological polar surface area (TPSA) is 64.6 Å². The molecule has 1 fully saturated rings. The summed E-state index contributed by atoms with van der Waals surface area (Å²) in [6, 6.07) is 1.14. The van der Waals surface area contributed by atoms with Gasteiger partial charge in [0.15, 0.2) is 17.5 Å². The molecule has 8 heteroatoms. The lowest BCUT2D eigenvalue weighted by Gasteiger charge is -2.33. The number of nitrogens with one attached hydrogen (secondary N) is 1. The minimum absolute atomic E-state index is 0.00334. The fourth-order valence-corrected chi connectivity index (χ4v) is 2.17. The molecule has 1 heterocycles. The Kier molecular flexibility index (Phi) is 4.58. The highest BCUT2D eigenvalue weighted by Gasteiger charge is 2.51. The first-order valence-electron chi connectivity index (χ1n) is 6.70. The number of carbonyl (C=O) groups is 2. The third-order valence-corrected chi connectivity index (χ3v) is 3.21. The summed E-state index contributed by atoms with van der Waals surface area (Å²) < 4.78 is 49.5. The van der Waals surface area contributed by atoms with Crippen LogP contribution in [0.1, 0.15) is 19.8 Å². The van der Waals surface area contributed by atoms with Gasteiger partial charge in [0.05, 0.1) is 6.61 Å². The van der Waals surface area contributed by atoms with E-state index in [1.165, 1.54) is 0 Å². The standard InChI is InChI=1S/C14H14F3NO4/c1-2-21-13(20)14(4-3-5-18-12(14)19)22-8-6-9(15)11(17)10(16)7-8/h6-7H,2-5H2,1H3,(H,18,19). The summed E-state index contributed by atoms with van der Waals surface area (Å²) in [6.07, 6.45) is 0.398. The lowest BCUT2D eigenvalue weighted by molar-refractivity contribution is -0.170. The van der Waals surface area contributed by atoms with Gasteiger partial charge in [0.1, 0.15) is 5.75 Å². The van der Waals surface area contributed by atoms with Gasteiger partial charge < -0.3 is 14.8 Å². The van der Waals surface area contributed by atoms with E-state index in [4.69, 9.17) is 9.47 Å². The molecular weight excluding hydrogens is 303 g/mol. The van der Waals surface area contributed by atoms with Crippen molar-refractivity contribution in [2.45, 2.75) is 25.4 Å². The fourth-order valence-electron chi connectivity index (χ4n) is 2.17. The number of benzene rings is 1. The lowest BCUT2D eigenvalue weighted by atomic mass is 9.92. The highest BCUT2D eigenvalue weighted by atomic mass is 19.2. The molecule has 1 unspecified atom stereocenters. The van der Waals surface area contributed by atoms with E-state index in [9.17, 15) is 22.8 Å². The maximum absolute atomic E-state index is 13.3. The molecule has 0 aliphatic carbocycles. The zero-order chi connectivity index (χ0) is 16.3. The number of hydrogen-bond donors (Lipinski definition) is 1. The number of hydrogen-bond acceptors (Lipinski definition) is 4. The van der Waals surface area contributed by atoms with Crippen molar-refractivity contribution in [1.29, 1.82) is 0 Å². The van der Waals surface area contributed by atoms with Crippen LogP contribution in [0, 0.1) is 17.5 Å². The SMILES string of the molecule is CCOC(=O)C1(Oc2cc(F)c(F)c(F)c2)CCCNC1=O. The second kappa shape index (κ2) is 6.25. The molecule has 1 aromatic carbocycles. The molecule has 0 radical (unpaired) electrons. The molecule has 0 spiro atoms. The smallest absolute Gasteiger partial charge is 0.360 e. The van der Waals surface area contributed by atoms with Crippen LogP contribution in [0.3, 0.4) is 0 Å². The normalized spacial score (nSPS) is 21.2. The summed E-state index contributed by atoms with van der Waals surface area (Å²) in [7, 11) is 0. The maximum atomic E-state index is 13.3. The number of rotatable bonds is 4. The summed E-state index contributed by atoms with van der Waals surface area (Å²) in [5, 5.41) is 2.45. The number of halogens is 3. The van der Waals surface area contributed by atoms with Crippen molar-refractivity contribution in [3.63, 3.8) is 0 Å². The van der Waals surface area contributed by atoms with E-state index in [-0.39, 0.29) is 13.0 Å². The second-order valence-corrected chi connectivity index (χ2v) is 4.71. The Hall–Kier alpha value is -2.25. The van der Waals surface area contributed by atoms with E-state index in [0.29, 0.717) is 25.1 Å². The minimum Gasteiger partial charge on any atom is -0.465 e. The Bertz CT molecular complexity index is 585. The summed E-state index contributed by atoms with van der Waals surface area (Å²) >= 11 is 0. The molecule has 22 heavy (non-hydrogen) atoms. The molecular formula is C14H14F3NO4. The minimum atomic E-state index is -2.04. The van der Waals surface area contributed by atoms with Gasteiger partial charge in [-0.2, -0.15) is 0 Å². The Balaban J connectivity index is 2.38. The van der Waals surface area contributed by atoms with Crippen molar-refractivity contribution in [3.8, 4) is 5.75 Å². The number of ether oxygens (including phenoxy) is 2. The van der Waals surface area contributed by atoms with Crippen molar-refractivity contribution in [2.24, 2.45) is 0 Å². The average molecular weight is 317 g/mol. The summed E-state index contributed by atoms with van der Waals surface area (Å²) in [4.78, 5) is 24.2. The van der Waals surface area contributed by atoms with Gasteiger partial charge in [-0.05, 0) is 13.3 Å². The van der Waals surface area contributed by atoms with Crippen LogP contribution in [-0.2, 0) is 14.3 Å². The number of carbonyl (C=O) groups excluding carboxylic acids is 2. The van der Waals surface area contributed by atoms with E-state index in [2.05, 4.69) is 5.32 Å². The van der Waals surface area contributed by atoms with Crippen LogP contribution >= 0.6 is 0 Å². The predicted molar refractivity (Wildman–Crippen MR) is 68.6 cm³/mol. The zero-order valence-corrected chi connectivity index (χ0v) is 11.8. The van der Waals surface area contributed by atoms with Gasteiger partial charge in [-0.15, -0.1) is 0 Å². The van der Waals surface area contributed by atoms with Crippen LogP contribution in [-0.4, -0.2) is 30.6 Å². The van der Waals surface area contributed by atoms with Gasteiger partial charge >= 0.3 is 5.97 Å². The second-order valence-electron chi connectivity index (χ2n) is 4.71. The van der Waals surface area contributed by atoms with Crippen LogP contribution in [0.25, 0.3) is 0 Å². The molecule has 0 bridgehead atoms. The highest BCUT2D eigenvalue weighted by molar-refractivity contribution is 6.07. The lowest BCUT2D eigenvalue weighted by Crippen LogP contribution is -2.60. The molecule has 1 aromatic rings. The zero-order valence-electron chi connectivity index (χ0n) is 11.8. The molecule has 1 saturated heterocycles. The van der Waals surface area contributed by atoms with Crippen LogP contribution < -0.4 is 10.1 Å². The fraction of sp³-hybridized carbons (Fsp3) is 0.429. The Morgan fingerprint density at radius 2 is 1.95 bits per heavy atom. The summed E-state index contributed by atoms with van der Waals surface area (Å²) in [5.74, 6) is -6.82. The van der Waals surface area contributed by atoms with Gasteiger partial charge in [-0.3, -0.25) is 4.79 Å². The molecule has 0 aromatic heterocycles. The van der Waals surface area contributed by atoms with E-state index >= 15 is 0 Å². The number of amides is 1. The predicted octanol–water partition coefficient (Wildman–Crippen LogP) is 1.69. The quantitative estimate of drug-likeness (QED) is 0.521. The van der Waals surface area contributed by atoms with E-state index in [1.807, 2.05) is 0 Å². The van der Waals surface area contributed by atoms with E-state index in [0.717, 1.165) is 0 Å². The molecule has 0 saturated carbocycles. The summed E-state index contributed by atoms with van der Waals surface area (Å²) in [5.41, 5.74) is -2.04. The molecule has 1 atom stereocenters. The first-order chi connectivity index (χ1) is 10.4. The Morgan fingerprint density at radius 3 is 2.50 bits per heavy atom. The van der Waals surface area contributed by atoms with Crippen LogP contribution in [0.2, 0.25) is 0 Å². The van der Waals surface area contributed by atoms with Crippen molar-refractivity contribution in [2.75, 3.05) is 13.2 Å². The number of esters is 1. The molecule has 120 valence electrons. The van der Waals surface area contributed by atoms with E-state index < -0.39 is 40.7 Å². The number of piperidine rings is 1. The van der Waals surface area contributed by atoms with Gasteiger partial charge in [0.25, 0.3) is 11.5 Å².